The second-order valence-electron chi connectivity index (χ2n) is 3.57. The summed E-state index contributed by atoms with van der Waals surface area (Å²) in [6.07, 6.45) is 0. The van der Waals surface area contributed by atoms with Crippen LogP contribution < -0.4 is 8.92 Å². The van der Waals surface area contributed by atoms with Crippen molar-refractivity contribution in [3.8, 4) is 11.5 Å². The first-order valence-corrected chi connectivity index (χ1v) is 6.86. The fourth-order valence-corrected chi connectivity index (χ4v) is 2.57. The van der Waals surface area contributed by atoms with Crippen LogP contribution in [0.1, 0.15) is 0 Å². The smallest absolute Gasteiger partial charge is 0.342 e. The summed E-state index contributed by atoms with van der Waals surface area (Å²) < 4.78 is 34.1. The van der Waals surface area contributed by atoms with Crippen molar-refractivity contribution in [3.05, 3.63) is 54.6 Å². The molecule has 1 N–H and O–H groups in total. The van der Waals surface area contributed by atoms with Crippen molar-refractivity contribution in [1.82, 2.24) is 0 Å². The van der Waals surface area contributed by atoms with Gasteiger partial charge in [0, 0.05) is 0 Å². The minimum absolute atomic E-state index is 0.0425. The van der Waals surface area contributed by atoms with Gasteiger partial charge >= 0.3 is 10.1 Å². The van der Waals surface area contributed by atoms with Crippen molar-refractivity contribution < 1.29 is 22.4 Å². The first-order valence-electron chi connectivity index (χ1n) is 5.46. The molecule has 5 nitrogen and oxygen atoms in total. The lowest BCUT2D eigenvalue weighted by Gasteiger charge is -2.10. The van der Waals surface area contributed by atoms with Crippen LogP contribution in [0.25, 0.3) is 0 Å². The molecule has 0 spiro atoms. The Hall–Kier alpha value is -2.05. The van der Waals surface area contributed by atoms with E-state index in [0.29, 0.717) is 0 Å². The van der Waals surface area contributed by atoms with Crippen LogP contribution in [0.15, 0.2) is 59.5 Å². The normalized spacial score (nSPS) is 11.0. The summed E-state index contributed by atoms with van der Waals surface area (Å²) in [4.78, 5) is -0.132. The molecule has 0 saturated carbocycles. The Morgan fingerprint density at radius 2 is 1.58 bits per heavy atom. The molecule has 0 aliphatic rings. The zero-order chi connectivity index (χ0) is 13.7. The second-order valence-corrected chi connectivity index (χ2v) is 5.09. The van der Waals surface area contributed by atoms with Crippen LogP contribution in [-0.2, 0) is 10.1 Å². The van der Waals surface area contributed by atoms with Gasteiger partial charge in [-0.1, -0.05) is 30.3 Å². The number of ether oxygens (including phenoxy) is 1. The number of hydrogen-bond donors (Lipinski definition) is 1. The molecule has 0 fully saturated rings. The molecule has 6 heteroatoms. The Kier molecular flexibility index (Phi) is 4.03. The first kappa shape index (κ1) is 13.4. The third-order valence-electron chi connectivity index (χ3n) is 2.29. The van der Waals surface area contributed by atoms with E-state index in [1.165, 1.54) is 24.3 Å². The standard InChI is InChI=1S/C13H12O5S/c14-10-17-12-8-4-5-9-13(12)19(15,16)18-11-6-2-1-3-7-11/h1-9,14H,10H2. The Labute approximate surface area is 111 Å². The quantitative estimate of drug-likeness (QED) is 0.667. The van der Waals surface area contributed by atoms with Gasteiger partial charge in [0.2, 0.25) is 0 Å². The van der Waals surface area contributed by atoms with E-state index in [9.17, 15) is 8.42 Å². The zero-order valence-corrected chi connectivity index (χ0v) is 10.7. The summed E-state index contributed by atoms with van der Waals surface area (Å²) in [5.74, 6) is 0.252. The fourth-order valence-electron chi connectivity index (χ4n) is 1.49. The predicted molar refractivity (Wildman–Crippen MR) is 68.4 cm³/mol. The molecule has 0 amide bonds. The highest BCUT2D eigenvalue weighted by Gasteiger charge is 2.21. The van der Waals surface area contributed by atoms with Crippen LogP contribution >= 0.6 is 0 Å². The first-order chi connectivity index (χ1) is 9.13. The number of benzene rings is 2. The lowest BCUT2D eigenvalue weighted by Crippen LogP contribution is -2.11. The third-order valence-corrected chi connectivity index (χ3v) is 3.58. The molecule has 0 heterocycles. The molecule has 0 aromatic heterocycles. The molecule has 19 heavy (non-hydrogen) atoms. The van der Waals surface area contributed by atoms with Gasteiger partial charge in [-0.25, -0.2) is 0 Å². The average molecular weight is 280 g/mol. The third kappa shape index (κ3) is 3.24. The number of hydrogen-bond acceptors (Lipinski definition) is 5. The highest BCUT2D eigenvalue weighted by atomic mass is 32.2. The van der Waals surface area contributed by atoms with Gasteiger partial charge in [0.25, 0.3) is 0 Å². The maximum absolute atomic E-state index is 12.1. The van der Waals surface area contributed by atoms with Crippen LogP contribution in [0.4, 0.5) is 0 Å². The molecule has 2 aromatic rings. The Morgan fingerprint density at radius 3 is 2.26 bits per heavy atom. The van der Waals surface area contributed by atoms with E-state index in [2.05, 4.69) is 0 Å². The van der Waals surface area contributed by atoms with Gasteiger partial charge in [-0.05, 0) is 24.3 Å². The minimum atomic E-state index is -4.00. The molecule has 0 bridgehead atoms. The molecular formula is C13H12O5S. The number of aliphatic hydroxyl groups excluding tert-OH is 1. The van der Waals surface area contributed by atoms with Gasteiger partial charge in [-0.15, -0.1) is 0 Å². The van der Waals surface area contributed by atoms with E-state index in [4.69, 9.17) is 14.0 Å². The van der Waals surface area contributed by atoms with E-state index in [1.807, 2.05) is 0 Å². The largest absolute Gasteiger partial charge is 0.466 e. The lowest BCUT2D eigenvalue weighted by molar-refractivity contribution is 0.0956. The highest BCUT2D eigenvalue weighted by molar-refractivity contribution is 7.87. The number of aliphatic hydroxyl groups is 1. The zero-order valence-electron chi connectivity index (χ0n) is 9.89. The molecule has 2 rings (SSSR count). The molecule has 0 atom stereocenters. The summed E-state index contributed by atoms with van der Waals surface area (Å²) in [5.41, 5.74) is 0. The maximum Gasteiger partial charge on any atom is 0.342 e. The summed E-state index contributed by atoms with van der Waals surface area (Å²) in [5, 5.41) is 8.74. The van der Waals surface area contributed by atoms with Crippen molar-refractivity contribution in [3.63, 3.8) is 0 Å². The van der Waals surface area contributed by atoms with E-state index in [0.717, 1.165) is 0 Å². The topological polar surface area (TPSA) is 72.8 Å². The van der Waals surface area contributed by atoms with Gasteiger partial charge < -0.3 is 14.0 Å². The van der Waals surface area contributed by atoms with Crippen molar-refractivity contribution in [2.24, 2.45) is 0 Å². The summed E-state index contributed by atoms with van der Waals surface area (Å²) in [6.45, 7) is -0.613. The predicted octanol–water partition coefficient (Wildman–Crippen LogP) is 1.78. The van der Waals surface area contributed by atoms with Gasteiger partial charge in [0.05, 0.1) is 0 Å². The molecular weight excluding hydrogens is 268 g/mol. The van der Waals surface area contributed by atoms with E-state index in [1.54, 1.807) is 30.3 Å². The molecule has 0 unspecified atom stereocenters. The summed E-state index contributed by atoms with van der Waals surface area (Å²) in [7, 11) is -4.00. The Morgan fingerprint density at radius 1 is 0.947 bits per heavy atom. The molecule has 0 saturated heterocycles. The maximum atomic E-state index is 12.1. The van der Waals surface area contributed by atoms with Crippen molar-refractivity contribution in [1.29, 1.82) is 0 Å². The molecule has 0 aliphatic carbocycles. The van der Waals surface area contributed by atoms with Crippen LogP contribution in [0.5, 0.6) is 11.5 Å². The molecule has 0 aliphatic heterocycles. The Balaban J connectivity index is 2.35. The van der Waals surface area contributed by atoms with Crippen LogP contribution in [-0.4, -0.2) is 20.3 Å². The number of para-hydroxylation sites is 2. The average Bonchev–Trinajstić information content (AvgIpc) is 2.40. The van der Waals surface area contributed by atoms with Gasteiger partial charge in [-0.2, -0.15) is 8.42 Å². The van der Waals surface area contributed by atoms with Crippen molar-refractivity contribution in [2.45, 2.75) is 4.90 Å². The second kappa shape index (κ2) is 5.73. The molecule has 0 radical (unpaired) electrons. The van der Waals surface area contributed by atoms with Crippen LogP contribution in [0.2, 0.25) is 0 Å². The number of rotatable bonds is 5. The fraction of sp³-hybridized carbons (Fsp3) is 0.0769. The SMILES string of the molecule is O=S(=O)(Oc1ccccc1)c1ccccc1OCO. The minimum Gasteiger partial charge on any atom is -0.466 e. The van der Waals surface area contributed by atoms with Crippen molar-refractivity contribution >= 4 is 10.1 Å². The van der Waals surface area contributed by atoms with E-state index >= 15 is 0 Å². The highest BCUT2D eigenvalue weighted by Crippen LogP contribution is 2.26. The molecule has 100 valence electrons. The monoisotopic (exact) mass is 280 g/mol. The van der Waals surface area contributed by atoms with Gasteiger partial charge in [-0.3, -0.25) is 0 Å². The van der Waals surface area contributed by atoms with Gasteiger partial charge in [0.15, 0.2) is 6.79 Å². The van der Waals surface area contributed by atoms with E-state index < -0.39 is 16.9 Å². The van der Waals surface area contributed by atoms with Gasteiger partial charge in [0.1, 0.15) is 16.4 Å². The summed E-state index contributed by atoms with van der Waals surface area (Å²) in [6, 6.07) is 14.1. The van der Waals surface area contributed by atoms with Crippen LogP contribution in [0.3, 0.4) is 0 Å². The summed E-state index contributed by atoms with van der Waals surface area (Å²) >= 11 is 0. The Bertz CT molecular complexity index is 637. The van der Waals surface area contributed by atoms with Crippen LogP contribution in [0, 0.1) is 0 Å². The molecule has 2 aromatic carbocycles. The lowest BCUT2D eigenvalue weighted by atomic mass is 10.3. The van der Waals surface area contributed by atoms with Crippen molar-refractivity contribution in [2.75, 3.05) is 6.79 Å². The van der Waals surface area contributed by atoms with E-state index in [-0.39, 0.29) is 16.4 Å².